The lowest BCUT2D eigenvalue weighted by atomic mass is 10.2. The summed E-state index contributed by atoms with van der Waals surface area (Å²) in [4.78, 5) is 2.06. The van der Waals surface area contributed by atoms with Gasteiger partial charge in [-0.25, -0.2) is 0 Å². The van der Waals surface area contributed by atoms with Crippen LogP contribution in [0.1, 0.15) is 41.5 Å². The molecular weight excluding hydrogens is 218 g/mol. The molecule has 0 aliphatic heterocycles. The highest BCUT2D eigenvalue weighted by Gasteiger charge is 2.19. The average molecular weight is 247 g/mol. The van der Waals surface area contributed by atoms with E-state index >= 15 is 0 Å². The van der Waals surface area contributed by atoms with Gasteiger partial charge in [0.1, 0.15) is 0 Å². The summed E-state index contributed by atoms with van der Waals surface area (Å²) in [6.07, 6.45) is -0.900. The van der Waals surface area contributed by atoms with Gasteiger partial charge in [0.25, 0.3) is 0 Å². The zero-order valence-electron chi connectivity index (χ0n) is 12.1. The summed E-state index contributed by atoms with van der Waals surface area (Å²) in [7, 11) is 0. The average Bonchev–Trinajstić information content (AvgIpc) is 2.11. The molecule has 2 N–H and O–H groups in total. The van der Waals surface area contributed by atoms with Crippen LogP contribution in [-0.2, 0) is 4.74 Å². The van der Waals surface area contributed by atoms with Crippen LogP contribution in [0.5, 0.6) is 0 Å². The Kier molecular flexibility index (Phi) is 7.24. The number of hydrogen-bond acceptors (Lipinski definition) is 4. The van der Waals surface area contributed by atoms with Crippen molar-refractivity contribution in [1.29, 1.82) is 0 Å². The van der Waals surface area contributed by atoms with Gasteiger partial charge in [0, 0.05) is 19.1 Å². The van der Waals surface area contributed by atoms with Gasteiger partial charge in [0.05, 0.1) is 24.4 Å². The zero-order chi connectivity index (χ0) is 13.6. The molecule has 0 fully saturated rings. The van der Waals surface area contributed by atoms with Gasteiger partial charge in [-0.15, -0.1) is 0 Å². The van der Waals surface area contributed by atoms with Crippen LogP contribution in [0, 0.1) is 0 Å². The molecule has 104 valence electrons. The summed E-state index contributed by atoms with van der Waals surface area (Å²) in [6.45, 7) is 13.2. The van der Waals surface area contributed by atoms with Gasteiger partial charge in [-0.05, 0) is 41.5 Å². The Morgan fingerprint density at radius 3 is 1.94 bits per heavy atom. The van der Waals surface area contributed by atoms with Crippen molar-refractivity contribution in [2.24, 2.45) is 0 Å². The Balaban J connectivity index is 4.08. The van der Waals surface area contributed by atoms with E-state index in [4.69, 9.17) is 4.74 Å². The van der Waals surface area contributed by atoms with Crippen molar-refractivity contribution >= 4 is 0 Å². The number of aliphatic hydroxyl groups is 2. The summed E-state index contributed by atoms with van der Waals surface area (Å²) in [6, 6.07) is 0.300. The van der Waals surface area contributed by atoms with Gasteiger partial charge in [0.15, 0.2) is 0 Å². The van der Waals surface area contributed by atoms with Crippen molar-refractivity contribution in [2.75, 3.05) is 19.7 Å². The first-order valence-corrected chi connectivity index (χ1v) is 6.36. The second kappa shape index (κ2) is 7.31. The van der Waals surface area contributed by atoms with Gasteiger partial charge in [-0.3, -0.25) is 4.90 Å². The molecule has 4 nitrogen and oxygen atoms in total. The summed E-state index contributed by atoms with van der Waals surface area (Å²) in [5.74, 6) is 0. The van der Waals surface area contributed by atoms with Crippen molar-refractivity contribution < 1.29 is 14.9 Å². The minimum absolute atomic E-state index is 0.228. The fraction of sp³-hybridized carbons (Fsp3) is 1.00. The van der Waals surface area contributed by atoms with Gasteiger partial charge >= 0.3 is 0 Å². The third-order valence-electron chi connectivity index (χ3n) is 2.38. The van der Waals surface area contributed by atoms with Crippen molar-refractivity contribution in [3.8, 4) is 0 Å². The molecule has 4 heteroatoms. The van der Waals surface area contributed by atoms with E-state index in [1.165, 1.54) is 0 Å². The van der Waals surface area contributed by atoms with Crippen LogP contribution in [0.15, 0.2) is 0 Å². The number of nitrogens with zero attached hydrogens (tertiary/aromatic N) is 1. The first-order valence-electron chi connectivity index (χ1n) is 6.36. The molecule has 0 amide bonds. The van der Waals surface area contributed by atoms with Crippen LogP contribution in [0.2, 0.25) is 0 Å². The molecule has 0 bridgehead atoms. The Morgan fingerprint density at radius 1 is 1.06 bits per heavy atom. The first-order chi connectivity index (χ1) is 7.61. The Bertz CT molecular complexity index is 199. The molecule has 0 heterocycles. The van der Waals surface area contributed by atoms with Gasteiger partial charge in [-0.2, -0.15) is 0 Å². The Morgan fingerprint density at radius 2 is 1.59 bits per heavy atom. The van der Waals surface area contributed by atoms with Crippen LogP contribution in [0.4, 0.5) is 0 Å². The molecule has 0 saturated heterocycles. The Labute approximate surface area is 106 Å². The fourth-order valence-corrected chi connectivity index (χ4v) is 1.51. The molecular formula is C13H29NO3. The lowest BCUT2D eigenvalue weighted by molar-refractivity contribution is -0.0603. The van der Waals surface area contributed by atoms with Crippen LogP contribution < -0.4 is 0 Å². The summed E-state index contributed by atoms with van der Waals surface area (Å²) in [5.41, 5.74) is -0.228. The number of hydrogen-bond donors (Lipinski definition) is 2. The van der Waals surface area contributed by atoms with Crippen LogP contribution in [0.3, 0.4) is 0 Å². The first kappa shape index (κ1) is 16.8. The monoisotopic (exact) mass is 247 g/mol. The van der Waals surface area contributed by atoms with Crippen molar-refractivity contribution in [2.45, 2.75) is 65.4 Å². The molecule has 0 saturated carbocycles. The highest BCUT2D eigenvalue weighted by molar-refractivity contribution is 4.71. The molecule has 0 aliphatic rings. The van der Waals surface area contributed by atoms with Gasteiger partial charge < -0.3 is 14.9 Å². The molecule has 2 unspecified atom stereocenters. The molecule has 0 spiro atoms. The van der Waals surface area contributed by atoms with Crippen molar-refractivity contribution in [1.82, 2.24) is 4.90 Å². The van der Waals surface area contributed by atoms with E-state index in [-0.39, 0.29) is 11.7 Å². The van der Waals surface area contributed by atoms with E-state index in [1.54, 1.807) is 6.92 Å². The summed E-state index contributed by atoms with van der Waals surface area (Å²) in [5, 5.41) is 19.3. The normalized spacial score (nSPS) is 16.6. The third-order valence-corrected chi connectivity index (χ3v) is 2.38. The maximum Gasteiger partial charge on any atom is 0.0900 e. The predicted octanol–water partition coefficient (Wildman–Crippen LogP) is 1.25. The van der Waals surface area contributed by atoms with E-state index in [2.05, 4.69) is 18.7 Å². The maximum atomic E-state index is 9.90. The minimum atomic E-state index is -0.518. The van der Waals surface area contributed by atoms with E-state index in [0.29, 0.717) is 25.7 Å². The topological polar surface area (TPSA) is 52.9 Å². The highest BCUT2D eigenvalue weighted by atomic mass is 16.5. The third kappa shape index (κ3) is 9.53. The molecule has 0 radical (unpaired) electrons. The molecule has 0 aromatic rings. The second-order valence-corrected chi connectivity index (χ2v) is 5.97. The van der Waals surface area contributed by atoms with E-state index in [9.17, 15) is 10.2 Å². The minimum Gasteiger partial charge on any atom is -0.392 e. The maximum absolute atomic E-state index is 9.90. The molecule has 2 atom stereocenters. The molecule has 0 rings (SSSR count). The van der Waals surface area contributed by atoms with E-state index in [0.717, 1.165) is 0 Å². The molecule has 17 heavy (non-hydrogen) atoms. The van der Waals surface area contributed by atoms with E-state index in [1.807, 2.05) is 20.8 Å². The summed E-state index contributed by atoms with van der Waals surface area (Å²) >= 11 is 0. The number of aliphatic hydroxyl groups excluding tert-OH is 2. The van der Waals surface area contributed by atoms with Crippen LogP contribution >= 0.6 is 0 Å². The Hall–Kier alpha value is -0.160. The van der Waals surface area contributed by atoms with Crippen LogP contribution in [0.25, 0.3) is 0 Å². The predicted molar refractivity (Wildman–Crippen MR) is 70.1 cm³/mol. The number of ether oxygens (including phenoxy) is 1. The van der Waals surface area contributed by atoms with Gasteiger partial charge in [-0.1, -0.05) is 0 Å². The lowest BCUT2D eigenvalue weighted by Gasteiger charge is -2.30. The fourth-order valence-electron chi connectivity index (χ4n) is 1.51. The standard InChI is InChI=1S/C13H29NO3/c1-10(2)14(7-11(3)15)8-12(16)9-17-13(4,5)6/h10-12,15-16H,7-9H2,1-6H3. The second-order valence-electron chi connectivity index (χ2n) is 5.97. The smallest absolute Gasteiger partial charge is 0.0900 e. The van der Waals surface area contributed by atoms with Crippen LogP contribution in [-0.4, -0.2) is 58.7 Å². The molecule has 0 aromatic carbocycles. The van der Waals surface area contributed by atoms with Gasteiger partial charge in [0.2, 0.25) is 0 Å². The molecule has 0 aromatic heterocycles. The highest BCUT2D eigenvalue weighted by Crippen LogP contribution is 2.08. The zero-order valence-corrected chi connectivity index (χ0v) is 12.1. The van der Waals surface area contributed by atoms with Crippen molar-refractivity contribution in [3.63, 3.8) is 0 Å². The quantitative estimate of drug-likeness (QED) is 0.711. The molecule has 0 aliphatic carbocycles. The summed E-state index contributed by atoms with van der Waals surface area (Å²) < 4.78 is 5.54. The number of rotatable bonds is 7. The van der Waals surface area contributed by atoms with E-state index < -0.39 is 6.10 Å². The largest absolute Gasteiger partial charge is 0.392 e. The SMILES string of the molecule is CC(O)CN(CC(O)COC(C)(C)C)C(C)C. The lowest BCUT2D eigenvalue weighted by Crippen LogP contribution is -2.43. The van der Waals surface area contributed by atoms with Crippen molar-refractivity contribution in [3.05, 3.63) is 0 Å².